The molecule has 3 atom stereocenters. The third-order valence-corrected chi connectivity index (χ3v) is 10.6. The first-order valence-electron chi connectivity index (χ1n) is 16.4. The average Bonchev–Trinajstić information content (AvgIpc) is 3.48. The number of aromatic nitrogens is 1. The van der Waals surface area contributed by atoms with Crippen molar-refractivity contribution in [3.05, 3.63) is 35.0 Å². The SMILES string of the molecule is CC(C)(C)OC(=O)N1C(=O)[C@]23CCCN2C(=O)[C@]12Cc1c(n(C(=O)OC(C)(C)C)c4c5c(ccc14)OC(C)(C)C=C5)C(C)(C)[C@@H]2C3. The summed E-state index contributed by atoms with van der Waals surface area (Å²) in [5, 5.41) is 0.752. The minimum absolute atomic E-state index is 0.0635. The van der Waals surface area contributed by atoms with Crippen LogP contribution in [0, 0.1) is 5.92 Å². The summed E-state index contributed by atoms with van der Waals surface area (Å²) in [4.78, 5) is 60.8. The molecular weight excluding hydrogens is 586 g/mol. The second kappa shape index (κ2) is 8.95. The molecule has 3 amide bonds. The second-order valence-corrected chi connectivity index (χ2v) is 16.8. The number of fused-ring (bicyclic) bond motifs is 6. The van der Waals surface area contributed by atoms with Crippen molar-refractivity contribution in [3.8, 4) is 5.75 Å². The molecule has 2 spiro atoms. The van der Waals surface area contributed by atoms with Crippen molar-refractivity contribution >= 4 is 41.0 Å². The zero-order valence-electron chi connectivity index (χ0n) is 28.6. The van der Waals surface area contributed by atoms with Gasteiger partial charge in [0.15, 0.2) is 0 Å². The Morgan fingerprint density at radius 2 is 1.59 bits per heavy atom. The fourth-order valence-electron chi connectivity index (χ4n) is 8.99. The summed E-state index contributed by atoms with van der Waals surface area (Å²) in [6.45, 7) is 19.2. The van der Waals surface area contributed by atoms with Gasteiger partial charge in [0.25, 0.3) is 11.8 Å². The third kappa shape index (κ3) is 3.94. The zero-order chi connectivity index (χ0) is 33.6. The highest BCUT2D eigenvalue weighted by molar-refractivity contribution is 6.12. The number of rotatable bonds is 0. The van der Waals surface area contributed by atoms with E-state index in [4.69, 9.17) is 14.2 Å². The molecule has 0 unspecified atom stereocenters. The first-order chi connectivity index (χ1) is 21.1. The predicted molar refractivity (Wildman–Crippen MR) is 172 cm³/mol. The van der Waals surface area contributed by atoms with Gasteiger partial charge < -0.3 is 19.1 Å². The maximum absolute atomic E-state index is 14.9. The van der Waals surface area contributed by atoms with Crippen molar-refractivity contribution in [2.75, 3.05) is 6.54 Å². The molecule has 2 aromatic rings. The van der Waals surface area contributed by atoms with Crippen LogP contribution in [0.15, 0.2) is 18.2 Å². The summed E-state index contributed by atoms with van der Waals surface area (Å²) < 4.78 is 19.9. The third-order valence-electron chi connectivity index (χ3n) is 10.6. The molecule has 246 valence electrons. The van der Waals surface area contributed by atoms with Crippen LogP contribution < -0.4 is 4.74 Å². The molecule has 8 rings (SSSR count). The molecule has 4 fully saturated rings. The highest BCUT2D eigenvalue weighted by atomic mass is 16.6. The Morgan fingerprint density at radius 1 is 0.935 bits per heavy atom. The standard InChI is InChI=1S/C36H45N3O7/c1-31(2,3)45-29(42)38-25-20(12-13-23-21(25)14-16-33(7,8)44-23)22-18-36-24(34(9,10)26(22)38)19-35(15-11-17-37(35)28(36)41)27(40)39(36)30(43)46-32(4,5)6/h12-14,16,24H,11,15,17-19H2,1-10H3/t24-,35+,36+/m0/s1. The van der Waals surface area contributed by atoms with Gasteiger partial charge in [0, 0.05) is 40.9 Å². The van der Waals surface area contributed by atoms with E-state index in [0.29, 0.717) is 37.1 Å². The van der Waals surface area contributed by atoms with Crippen LogP contribution in [0.5, 0.6) is 5.75 Å². The lowest BCUT2D eigenvalue weighted by molar-refractivity contribution is -0.200. The van der Waals surface area contributed by atoms with Crippen molar-refractivity contribution in [2.45, 2.75) is 128 Å². The van der Waals surface area contributed by atoms with Crippen molar-refractivity contribution in [1.82, 2.24) is 14.4 Å². The van der Waals surface area contributed by atoms with Gasteiger partial charge in [-0.25, -0.2) is 19.1 Å². The number of benzene rings is 1. The molecule has 10 heteroatoms. The van der Waals surface area contributed by atoms with Gasteiger partial charge in [0.05, 0.1) is 5.52 Å². The normalized spacial score (nSPS) is 28.8. The number of piperazine rings is 1. The highest BCUT2D eigenvalue weighted by Crippen LogP contribution is 2.63. The van der Waals surface area contributed by atoms with E-state index in [9.17, 15) is 19.2 Å². The molecule has 1 aliphatic carbocycles. The molecule has 0 radical (unpaired) electrons. The molecular formula is C36H45N3O7. The summed E-state index contributed by atoms with van der Waals surface area (Å²) in [6.07, 6.45) is 4.24. The average molecular weight is 632 g/mol. The van der Waals surface area contributed by atoms with E-state index in [1.54, 1.807) is 30.2 Å². The van der Waals surface area contributed by atoms with Gasteiger partial charge >= 0.3 is 12.2 Å². The van der Waals surface area contributed by atoms with Crippen LogP contribution >= 0.6 is 0 Å². The number of hydrogen-bond acceptors (Lipinski definition) is 7. The number of ether oxygens (including phenoxy) is 3. The second-order valence-electron chi connectivity index (χ2n) is 16.8. The Hall–Kier alpha value is -3.82. The number of amides is 3. The number of hydrogen-bond donors (Lipinski definition) is 0. The Bertz CT molecular complexity index is 1780. The van der Waals surface area contributed by atoms with E-state index in [1.165, 1.54) is 4.90 Å². The largest absolute Gasteiger partial charge is 0.483 e. The lowest BCUT2D eigenvalue weighted by atomic mass is 9.50. The number of carbonyl (C=O) groups is 4. The monoisotopic (exact) mass is 631 g/mol. The van der Waals surface area contributed by atoms with Gasteiger partial charge in [-0.1, -0.05) is 13.8 Å². The predicted octanol–water partition coefficient (Wildman–Crippen LogP) is 6.34. The molecule has 6 heterocycles. The van der Waals surface area contributed by atoms with E-state index in [-0.39, 0.29) is 18.2 Å². The Balaban J connectivity index is 1.54. The van der Waals surface area contributed by atoms with Crippen LogP contribution in [0.3, 0.4) is 0 Å². The summed E-state index contributed by atoms with van der Waals surface area (Å²) in [5.41, 5.74) is -2.84. The molecule has 6 aliphatic rings. The Kier molecular flexibility index (Phi) is 6.00. The molecule has 5 aliphatic heterocycles. The summed E-state index contributed by atoms with van der Waals surface area (Å²) in [7, 11) is 0. The highest BCUT2D eigenvalue weighted by Gasteiger charge is 2.77. The molecule has 1 aromatic carbocycles. The maximum Gasteiger partial charge on any atom is 0.419 e. The minimum atomic E-state index is -1.51. The van der Waals surface area contributed by atoms with E-state index in [0.717, 1.165) is 22.2 Å². The number of carbonyl (C=O) groups excluding carboxylic acids is 4. The van der Waals surface area contributed by atoms with Gasteiger partial charge in [-0.05, 0) is 105 Å². The molecule has 46 heavy (non-hydrogen) atoms. The van der Waals surface area contributed by atoms with Crippen LogP contribution in [-0.4, -0.2) is 72.8 Å². The van der Waals surface area contributed by atoms with E-state index in [1.807, 2.05) is 72.8 Å². The number of nitrogens with zero attached hydrogens (tertiary/aromatic N) is 3. The van der Waals surface area contributed by atoms with Gasteiger partial charge in [0.2, 0.25) is 0 Å². The van der Waals surface area contributed by atoms with Crippen molar-refractivity contribution < 1.29 is 33.4 Å². The van der Waals surface area contributed by atoms with E-state index >= 15 is 0 Å². The van der Waals surface area contributed by atoms with Gasteiger partial charge in [-0.2, -0.15) is 0 Å². The van der Waals surface area contributed by atoms with Crippen LogP contribution in [0.2, 0.25) is 0 Å². The lowest BCUT2D eigenvalue weighted by Crippen LogP contribution is -2.86. The van der Waals surface area contributed by atoms with Crippen molar-refractivity contribution in [1.29, 1.82) is 0 Å². The van der Waals surface area contributed by atoms with Gasteiger partial charge in [-0.15, -0.1) is 0 Å². The smallest absolute Gasteiger partial charge is 0.419 e. The summed E-state index contributed by atoms with van der Waals surface area (Å²) >= 11 is 0. The molecule has 2 bridgehead atoms. The number of imide groups is 1. The Labute approximate surface area is 270 Å². The lowest BCUT2D eigenvalue weighted by Gasteiger charge is -2.66. The first-order valence-corrected chi connectivity index (χ1v) is 16.4. The molecule has 10 nitrogen and oxygen atoms in total. The van der Waals surface area contributed by atoms with Crippen molar-refractivity contribution in [2.24, 2.45) is 5.92 Å². The molecule has 4 saturated heterocycles. The van der Waals surface area contributed by atoms with Crippen LogP contribution in [0.25, 0.3) is 17.0 Å². The zero-order valence-corrected chi connectivity index (χ0v) is 28.6. The summed E-state index contributed by atoms with van der Waals surface area (Å²) in [6, 6.07) is 3.82. The fraction of sp³-hybridized carbons (Fsp3) is 0.611. The van der Waals surface area contributed by atoms with Crippen LogP contribution in [0.1, 0.15) is 105 Å². The van der Waals surface area contributed by atoms with Gasteiger partial charge in [-0.3, -0.25) is 9.59 Å². The van der Waals surface area contributed by atoms with Crippen LogP contribution in [-0.2, 0) is 30.9 Å². The van der Waals surface area contributed by atoms with Crippen molar-refractivity contribution in [3.63, 3.8) is 0 Å². The maximum atomic E-state index is 14.9. The quantitative estimate of drug-likeness (QED) is 0.334. The van der Waals surface area contributed by atoms with Gasteiger partial charge in [0.1, 0.15) is 33.6 Å². The Morgan fingerprint density at radius 3 is 2.24 bits per heavy atom. The van der Waals surface area contributed by atoms with E-state index < -0.39 is 51.4 Å². The van der Waals surface area contributed by atoms with E-state index in [2.05, 4.69) is 0 Å². The molecule has 0 saturated carbocycles. The minimum Gasteiger partial charge on any atom is -0.483 e. The van der Waals surface area contributed by atoms with Crippen LogP contribution in [0.4, 0.5) is 9.59 Å². The number of piperidine rings is 2. The molecule has 0 N–H and O–H groups in total. The summed E-state index contributed by atoms with van der Waals surface area (Å²) in [5.74, 6) is -0.422. The molecule has 1 aromatic heterocycles. The fourth-order valence-corrected chi connectivity index (χ4v) is 8.99. The first kappa shape index (κ1) is 30.8. The topological polar surface area (TPSA) is 107 Å².